The molecule has 0 aliphatic carbocycles. The SMILES string of the molecule is NCCOc1cccc(NC(=O)Nc2ccc(Cl)cc2)c1. The summed E-state index contributed by atoms with van der Waals surface area (Å²) in [6.07, 6.45) is 0. The number of amides is 2. The van der Waals surface area contributed by atoms with Gasteiger partial charge in [0, 0.05) is 29.0 Å². The number of halogens is 1. The number of hydrogen-bond acceptors (Lipinski definition) is 3. The summed E-state index contributed by atoms with van der Waals surface area (Å²) in [5.74, 6) is 0.657. The minimum atomic E-state index is -0.340. The van der Waals surface area contributed by atoms with E-state index in [0.717, 1.165) is 0 Å². The Bertz CT molecular complexity index is 602. The summed E-state index contributed by atoms with van der Waals surface area (Å²) in [7, 11) is 0. The average Bonchev–Trinajstić information content (AvgIpc) is 2.48. The second-order valence-corrected chi connectivity index (χ2v) is 4.69. The molecule has 0 unspecified atom stereocenters. The van der Waals surface area contributed by atoms with Crippen LogP contribution in [-0.4, -0.2) is 19.2 Å². The van der Waals surface area contributed by atoms with Crippen LogP contribution >= 0.6 is 11.6 Å². The van der Waals surface area contributed by atoms with Crippen molar-refractivity contribution >= 4 is 29.0 Å². The number of anilines is 2. The maximum Gasteiger partial charge on any atom is 0.323 e. The maximum absolute atomic E-state index is 11.9. The Balaban J connectivity index is 1.94. The van der Waals surface area contributed by atoms with E-state index in [1.54, 1.807) is 48.5 Å². The highest BCUT2D eigenvalue weighted by molar-refractivity contribution is 6.30. The highest BCUT2D eigenvalue weighted by Crippen LogP contribution is 2.18. The molecular formula is C15H16ClN3O2. The van der Waals surface area contributed by atoms with Gasteiger partial charge in [0.15, 0.2) is 0 Å². The van der Waals surface area contributed by atoms with Crippen molar-refractivity contribution in [2.75, 3.05) is 23.8 Å². The number of hydrogen-bond donors (Lipinski definition) is 3. The predicted molar refractivity (Wildman–Crippen MR) is 85.1 cm³/mol. The number of benzene rings is 2. The summed E-state index contributed by atoms with van der Waals surface area (Å²) in [5.41, 5.74) is 6.67. The Morgan fingerprint density at radius 3 is 2.52 bits per heavy atom. The molecule has 2 aromatic carbocycles. The van der Waals surface area contributed by atoms with E-state index in [1.165, 1.54) is 0 Å². The number of ether oxygens (including phenoxy) is 1. The molecule has 0 aliphatic rings. The van der Waals surface area contributed by atoms with Gasteiger partial charge in [-0.2, -0.15) is 0 Å². The first-order valence-corrected chi connectivity index (χ1v) is 6.81. The van der Waals surface area contributed by atoms with Crippen LogP contribution in [0.4, 0.5) is 16.2 Å². The molecule has 0 aliphatic heterocycles. The van der Waals surface area contributed by atoms with Crippen LogP contribution in [0.5, 0.6) is 5.75 Å². The van der Waals surface area contributed by atoms with E-state index in [4.69, 9.17) is 22.1 Å². The van der Waals surface area contributed by atoms with Crippen LogP contribution in [0.2, 0.25) is 5.02 Å². The Labute approximate surface area is 128 Å². The van der Waals surface area contributed by atoms with Gasteiger partial charge >= 0.3 is 6.03 Å². The van der Waals surface area contributed by atoms with Gasteiger partial charge < -0.3 is 21.1 Å². The molecule has 110 valence electrons. The topological polar surface area (TPSA) is 76.4 Å². The Hall–Kier alpha value is -2.24. The zero-order chi connectivity index (χ0) is 15.1. The second-order valence-electron chi connectivity index (χ2n) is 4.25. The van der Waals surface area contributed by atoms with Crippen molar-refractivity contribution in [2.45, 2.75) is 0 Å². The summed E-state index contributed by atoms with van der Waals surface area (Å²) in [4.78, 5) is 11.9. The zero-order valence-electron chi connectivity index (χ0n) is 11.3. The Morgan fingerprint density at radius 2 is 1.81 bits per heavy atom. The van der Waals surface area contributed by atoms with Crippen molar-refractivity contribution < 1.29 is 9.53 Å². The molecule has 0 atom stereocenters. The van der Waals surface area contributed by atoms with E-state index >= 15 is 0 Å². The van der Waals surface area contributed by atoms with E-state index in [2.05, 4.69) is 10.6 Å². The van der Waals surface area contributed by atoms with Crippen LogP contribution in [0.15, 0.2) is 48.5 Å². The average molecular weight is 306 g/mol. The number of nitrogens with one attached hydrogen (secondary N) is 2. The molecule has 0 heterocycles. The van der Waals surface area contributed by atoms with Crippen LogP contribution in [0.1, 0.15) is 0 Å². The number of carbonyl (C=O) groups is 1. The third kappa shape index (κ3) is 4.98. The number of nitrogens with two attached hydrogens (primary N) is 1. The van der Waals surface area contributed by atoms with Crippen LogP contribution in [0.25, 0.3) is 0 Å². The summed E-state index contributed by atoms with van der Waals surface area (Å²) < 4.78 is 5.40. The zero-order valence-corrected chi connectivity index (χ0v) is 12.1. The lowest BCUT2D eigenvalue weighted by Crippen LogP contribution is -2.19. The van der Waals surface area contributed by atoms with Crippen LogP contribution in [0, 0.1) is 0 Å². The summed E-state index contributed by atoms with van der Waals surface area (Å²) in [5, 5.41) is 6.05. The molecule has 0 saturated carbocycles. The van der Waals surface area contributed by atoms with E-state index in [0.29, 0.717) is 35.3 Å². The lowest BCUT2D eigenvalue weighted by atomic mass is 10.3. The fourth-order valence-corrected chi connectivity index (χ4v) is 1.79. The van der Waals surface area contributed by atoms with Gasteiger partial charge in [-0.15, -0.1) is 0 Å². The van der Waals surface area contributed by atoms with Crippen molar-refractivity contribution in [2.24, 2.45) is 5.73 Å². The molecule has 2 amide bonds. The normalized spacial score (nSPS) is 10.0. The molecule has 6 heteroatoms. The van der Waals surface area contributed by atoms with Crippen LogP contribution in [0.3, 0.4) is 0 Å². The summed E-state index contributed by atoms with van der Waals surface area (Å²) in [6, 6.07) is 13.6. The van der Waals surface area contributed by atoms with Gasteiger partial charge in [-0.05, 0) is 36.4 Å². The molecule has 0 spiro atoms. The Morgan fingerprint density at radius 1 is 1.10 bits per heavy atom. The molecule has 21 heavy (non-hydrogen) atoms. The number of rotatable bonds is 5. The first-order valence-electron chi connectivity index (χ1n) is 6.44. The third-order valence-corrected chi connectivity index (χ3v) is 2.83. The predicted octanol–water partition coefficient (Wildman–Crippen LogP) is 3.32. The molecular weight excluding hydrogens is 290 g/mol. The smallest absolute Gasteiger partial charge is 0.323 e. The van der Waals surface area contributed by atoms with Gasteiger partial charge in [0.2, 0.25) is 0 Å². The maximum atomic E-state index is 11.9. The first-order chi connectivity index (χ1) is 10.2. The molecule has 5 nitrogen and oxygen atoms in total. The molecule has 4 N–H and O–H groups in total. The first kappa shape index (κ1) is 15.2. The van der Waals surface area contributed by atoms with Gasteiger partial charge in [-0.3, -0.25) is 0 Å². The quantitative estimate of drug-likeness (QED) is 0.793. The van der Waals surface area contributed by atoms with E-state index in [9.17, 15) is 4.79 Å². The van der Waals surface area contributed by atoms with Crippen molar-refractivity contribution in [1.29, 1.82) is 0 Å². The molecule has 0 saturated heterocycles. The van der Waals surface area contributed by atoms with E-state index < -0.39 is 0 Å². The van der Waals surface area contributed by atoms with Gasteiger partial charge in [-0.25, -0.2) is 4.79 Å². The monoisotopic (exact) mass is 305 g/mol. The van der Waals surface area contributed by atoms with Crippen molar-refractivity contribution in [3.8, 4) is 5.75 Å². The molecule has 2 aromatic rings. The minimum absolute atomic E-state index is 0.340. The van der Waals surface area contributed by atoms with Crippen LogP contribution in [-0.2, 0) is 0 Å². The number of carbonyl (C=O) groups excluding carboxylic acids is 1. The highest BCUT2D eigenvalue weighted by atomic mass is 35.5. The molecule has 2 rings (SSSR count). The van der Waals surface area contributed by atoms with Gasteiger partial charge in [0.1, 0.15) is 12.4 Å². The van der Waals surface area contributed by atoms with Crippen molar-refractivity contribution in [3.05, 3.63) is 53.6 Å². The lowest BCUT2D eigenvalue weighted by Gasteiger charge is -2.09. The van der Waals surface area contributed by atoms with Crippen LogP contribution < -0.4 is 21.1 Å². The lowest BCUT2D eigenvalue weighted by molar-refractivity contribution is 0.262. The highest BCUT2D eigenvalue weighted by Gasteiger charge is 2.03. The standard InChI is InChI=1S/C15H16ClN3O2/c16-11-4-6-12(7-5-11)18-15(20)19-13-2-1-3-14(10-13)21-9-8-17/h1-7,10H,8-9,17H2,(H2,18,19,20). The van der Waals surface area contributed by atoms with E-state index in [1.807, 2.05) is 0 Å². The second kappa shape index (κ2) is 7.52. The molecule has 0 radical (unpaired) electrons. The third-order valence-electron chi connectivity index (χ3n) is 2.58. The van der Waals surface area contributed by atoms with Crippen molar-refractivity contribution in [1.82, 2.24) is 0 Å². The van der Waals surface area contributed by atoms with Gasteiger partial charge in [0.05, 0.1) is 0 Å². The fraction of sp³-hybridized carbons (Fsp3) is 0.133. The summed E-state index contributed by atoms with van der Waals surface area (Å²) >= 11 is 5.79. The number of urea groups is 1. The van der Waals surface area contributed by atoms with Crippen molar-refractivity contribution in [3.63, 3.8) is 0 Å². The van der Waals surface area contributed by atoms with Gasteiger partial charge in [-0.1, -0.05) is 17.7 Å². The molecule has 0 bridgehead atoms. The Kier molecular flexibility index (Phi) is 5.43. The minimum Gasteiger partial charge on any atom is -0.492 e. The van der Waals surface area contributed by atoms with E-state index in [-0.39, 0.29) is 6.03 Å². The van der Waals surface area contributed by atoms with Gasteiger partial charge in [0.25, 0.3) is 0 Å². The largest absolute Gasteiger partial charge is 0.492 e. The molecule has 0 fully saturated rings. The summed E-state index contributed by atoms with van der Waals surface area (Å²) in [6.45, 7) is 0.870. The fourth-order valence-electron chi connectivity index (χ4n) is 1.67. The molecule has 0 aromatic heterocycles.